The monoisotopic (exact) mass is 311 g/mol. The van der Waals surface area contributed by atoms with E-state index in [0.717, 1.165) is 24.0 Å². The molecule has 1 aromatic rings. The quantitative estimate of drug-likeness (QED) is 0.905. The second-order valence-electron chi connectivity index (χ2n) is 5.61. The number of rotatable bonds is 5. The van der Waals surface area contributed by atoms with Crippen molar-refractivity contribution in [2.45, 2.75) is 50.5 Å². The van der Waals surface area contributed by atoms with Gasteiger partial charge in [-0.3, -0.25) is 4.79 Å². The standard InChI is InChI=1S/C15H21NO4S/c1-11-5-6-12(2)14(10-11)21(19,20)16-9-3-4-13(16)7-8-15(17)18/h5-6,10,13H,3-4,7-9H2,1-2H3,(H,17,18). The number of carboxylic acid groups (broad SMARTS) is 1. The lowest BCUT2D eigenvalue weighted by atomic mass is 10.1. The van der Waals surface area contributed by atoms with Crippen LogP contribution in [0.2, 0.25) is 0 Å². The minimum atomic E-state index is -3.55. The van der Waals surface area contributed by atoms with Gasteiger partial charge in [-0.05, 0) is 50.3 Å². The Labute approximate surface area is 125 Å². The molecule has 1 N–H and O–H groups in total. The lowest BCUT2D eigenvalue weighted by Crippen LogP contribution is -2.36. The molecule has 2 rings (SSSR count). The molecule has 6 heteroatoms. The van der Waals surface area contributed by atoms with Crippen LogP contribution in [0.25, 0.3) is 0 Å². The first-order chi connectivity index (χ1) is 9.82. The molecule has 116 valence electrons. The molecule has 21 heavy (non-hydrogen) atoms. The Morgan fingerprint density at radius 2 is 2.10 bits per heavy atom. The van der Waals surface area contributed by atoms with E-state index in [9.17, 15) is 13.2 Å². The third-order valence-corrected chi connectivity index (χ3v) is 6.04. The molecule has 1 fully saturated rings. The average molecular weight is 311 g/mol. The molecular formula is C15H21NO4S. The van der Waals surface area contributed by atoms with Crippen molar-refractivity contribution >= 4 is 16.0 Å². The third-order valence-electron chi connectivity index (χ3n) is 3.94. The summed E-state index contributed by atoms with van der Waals surface area (Å²) in [4.78, 5) is 11.1. The third kappa shape index (κ3) is 3.44. The smallest absolute Gasteiger partial charge is 0.303 e. The first-order valence-electron chi connectivity index (χ1n) is 7.13. The van der Waals surface area contributed by atoms with Gasteiger partial charge >= 0.3 is 5.97 Å². The second-order valence-corrected chi connectivity index (χ2v) is 7.47. The molecule has 1 aliphatic rings. The van der Waals surface area contributed by atoms with E-state index in [0.29, 0.717) is 17.9 Å². The van der Waals surface area contributed by atoms with Gasteiger partial charge in [0.25, 0.3) is 0 Å². The molecule has 0 saturated carbocycles. The van der Waals surface area contributed by atoms with Gasteiger partial charge in [0.2, 0.25) is 10.0 Å². The molecule has 5 nitrogen and oxygen atoms in total. The van der Waals surface area contributed by atoms with Crippen LogP contribution in [0.4, 0.5) is 0 Å². The summed E-state index contributed by atoms with van der Waals surface area (Å²) in [6.45, 7) is 4.12. The number of benzene rings is 1. The molecule has 1 heterocycles. The zero-order valence-corrected chi connectivity index (χ0v) is 13.2. The fourth-order valence-corrected chi connectivity index (χ4v) is 4.85. The lowest BCUT2D eigenvalue weighted by molar-refractivity contribution is -0.137. The molecule has 0 spiro atoms. The molecule has 0 amide bonds. The van der Waals surface area contributed by atoms with Gasteiger partial charge in [-0.25, -0.2) is 8.42 Å². The summed E-state index contributed by atoms with van der Waals surface area (Å²) >= 11 is 0. The molecule has 1 saturated heterocycles. The highest BCUT2D eigenvalue weighted by Crippen LogP contribution is 2.30. The normalized spacial score (nSPS) is 19.8. The number of sulfonamides is 1. The lowest BCUT2D eigenvalue weighted by Gasteiger charge is -2.24. The van der Waals surface area contributed by atoms with Crippen LogP contribution >= 0.6 is 0 Å². The van der Waals surface area contributed by atoms with Crippen LogP contribution in [0.3, 0.4) is 0 Å². The number of nitrogens with zero attached hydrogens (tertiary/aromatic N) is 1. The number of hydrogen-bond acceptors (Lipinski definition) is 3. The van der Waals surface area contributed by atoms with Gasteiger partial charge in [0.15, 0.2) is 0 Å². The summed E-state index contributed by atoms with van der Waals surface area (Å²) < 4.78 is 27.2. The van der Waals surface area contributed by atoms with Gasteiger partial charge in [-0.15, -0.1) is 0 Å². The maximum absolute atomic E-state index is 12.8. The molecule has 1 aliphatic heterocycles. The van der Waals surface area contributed by atoms with Crippen molar-refractivity contribution in [3.05, 3.63) is 29.3 Å². The van der Waals surface area contributed by atoms with Crippen molar-refractivity contribution in [3.8, 4) is 0 Å². The summed E-state index contributed by atoms with van der Waals surface area (Å²) in [5.74, 6) is -0.883. The number of carbonyl (C=O) groups is 1. The molecule has 0 aliphatic carbocycles. The minimum absolute atomic E-state index is 0.00346. The maximum atomic E-state index is 12.8. The predicted molar refractivity (Wildman–Crippen MR) is 79.7 cm³/mol. The van der Waals surface area contributed by atoms with E-state index in [4.69, 9.17) is 5.11 Å². The van der Waals surface area contributed by atoms with Gasteiger partial charge in [-0.1, -0.05) is 12.1 Å². The highest BCUT2D eigenvalue weighted by atomic mass is 32.2. The molecule has 0 radical (unpaired) electrons. The van der Waals surface area contributed by atoms with Gasteiger partial charge < -0.3 is 5.11 Å². The Kier molecular flexibility index (Phi) is 4.68. The molecule has 1 atom stereocenters. The Balaban J connectivity index is 2.29. The fraction of sp³-hybridized carbons (Fsp3) is 0.533. The number of aliphatic carboxylic acids is 1. The van der Waals surface area contributed by atoms with Gasteiger partial charge in [-0.2, -0.15) is 4.31 Å². The topological polar surface area (TPSA) is 74.7 Å². The van der Waals surface area contributed by atoms with E-state index in [2.05, 4.69) is 0 Å². The zero-order chi connectivity index (χ0) is 15.6. The van der Waals surface area contributed by atoms with Crippen LogP contribution in [0.1, 0.15) is 36.8 Å². The van der Waals surface area contributed by atoms with Gasteiger partial charge in [0.05, 0.1) is 4.90 Å². The largest absolute Gasteiger partial charge is 0.481 e. The highest BCUT2D eigenvalue weighted by Gasteiger charge is 2.35. The van der Waals surface area contributed by atoms with E-state index >= 15 is 0 Å². The maximum Gasteiger partial charge on any atom is 0.303 e. The first-order valence-corrected chi connectivity index (χ1v) is 8.57. The van der Waals surface area contributed by atoms with E-state index in [1.165, 1.54) is 4.31 Å². The average Bonchev–Trinajstić information content (AvgIpc) is 2.88. The van der Waals surface area contributed by atoms with Crippen LogP contribution in [0.15, 0.2) is 23.1 Å². The van der Waals surface area contributed by atoms with Crippen LogP contribution < -0.4 is 0 Å². The first kappa shape index (κ1) is 16.0. The van der Waals surface area contributed by atoms with Crippen LogP contribution in [0.5, 0.6) is 0 Å². The van der Waals surface area contributed by atoms with Crippen molar-refractivity contribution in [1.82, 2.24) is 4.31 Å². The van der Waals surface area contributed by atoms with Gasteiger partial charge in [0, 0.05) is 19.0 Å². The fourth-order valence-electron chi connectivity index (χ4n) is 2.82. The summed E-state index contributed by atoms with van der Waals surface area (Å²) in [7, 11) is -3.55. The molecular weight excluding hydrogens is 290 g/mol. The minimum Gasteiger partial charge on any atom is -0.481 e. The SMILES string of the molecule is Cc1ccc(C)c(S(=O)(=O)N2CCCC2CCC(=O)O)c1. The van der Waals surface area contributed by atoms with Crippen molar-refractivity contribution in [2.24, 2.45) is 0 Å². The number of carboxylic acids is 1. The summed E-state index contributed by atoms with van der Waals surface area (Å²) in [5.41, 5.74) is 1.63. The van der Waals surface area contributed by atoms with Crippen LogP contribution in [0, 0.1) is 13.8 Å². The van der Waals surface area contributed by atoms with Crippen LogP contribution in [-0.2, 0) is 14.8 Å². The van der Waals surface area contributed by atoms with Crippen molar-refractivity contribution in [2.75, 3.05) is 6.54 Å². The highest BCUT2D eigenvalue weighted by molar-refractivity contribution is 7.89. The molecule has 1 aromatic carbocycles. The van der Waals surface area contributed by atoms with Crippen molar-refractivity contribution in [1.29, 1.82) is 0 Å². The van der Waals surface area contributed by atoms with Crippen molar-refractivity contribution < 1.29 is 18.3 Å². The zero-order valence-electron chi connectivity index (χ0n) is 12.4. The summed E-state index contributed by atoms with van der Waals surface area (Å²) in [5, 5.41) is 8.79. The second kappa shape index (κ2) is 6.15. The Hall–Kier alpha value is -1.40. The van der Waals surface area contributed by atoms with E-state index < -0.39 is 16.0 Å². The Bertz CT molecular complexity index is 639. The van der Waals surface area contributed by atoms with E-state index in [-0.39, 0.29) is 12.5 Å². The Morgan fingerprint density at radius 3 is 2.76 bits per heavy atom. The van der Waals surface area contributed by atoms with Crippen LogP contribution in [-0.4, -0.2) is 36.4 Å². The number of aryl methyl sites for hydroxylation is 2. The number of hydrogen-bond donors (Lipinski definition) is 1. The molecule has 0 aromatic heterocycles. The van der Waals surface area contributed by atoms with E-state index in [1.807, 2.05) is 19.1 Å². The summed E-state index contributed by atoms with van der Waals surface area (Å²) in [6.07, 6.45) is 1.90. The summed E-state index contributed by atoms with van der Waals surface area (Å²) in [6, 6.07) is 5.19. The Morgan fingerprint density at radius 1 is 1.38 bits per heavy atom. The predicted octanol–water partition coefficient (Wildman–Crippen LogP) is 2.32. The molecule has 0 bridgehead atoms. The molecule has 1 unspecified atom stereocenters. The van der Waals surface area contributed by atoms with Gasteiger partial charge in [0.1, 0.15) is 0 Å². The van der Waals surface area contributed by atoms with Crippen molar-refractivity contribution in [3.63, 3.8) is 0 Å². The van der Waals surface area contributed by atoms with E-state index in [1.54, 1.807) is 13.0 Å².